The molecule has 4 rings (SSSR count). The Balaban J connectivity index is 1.78. The molecule has 1 N–H and O–H groups in total. The predicted molar refractivity (Wildman–Crippen MR) is 115 cm³/mol. The van der Waals surface area contributed by atoms with Crippen molar-refractivity contribution in [2.24, 2.45) is 0 Å². The van der Waals surface area contributed by atoms with Crippen LogP contribution in [0.1, 0.15) is 21.5 Å². The van der Waals surface area contributed by atoms with E-state index in [9.17, 15) is 4.79 Å². The molecule has 2 heterocycles. The number of benzene rings is 2. The number of aromatic nitrogens is 3. The zero-order chi connectivity index (χ0) is 20.2. The van der Waals surface area contributed by atoms with Crippen molar-refractivity contribution < 1.29 is 4.79 Å². The summed E-state index contributed by atoms with van der Waals surface area (Å²) in [6.07, 6.45) is 4.96. The largest absolute Gasteiger partial charge is 0.322 e. The van der Waals surface area contributed by atoms with Gasteiger partial charge in [0.2, 0.25) is 0 Å². The Hall–Kier alpha value is -3.86. The van der Waals surface area contributed by atoms with Crippen LogP contribution in [0, 0.1) is 13.8 Å². The Kier molecular flexibility index (Phi) is 5.12. The Bertz CT molecular complexity index is 1160. The zero-order valence-electron chi connectivity index (χ0n) is 16.3. The zero-order valence-corrected chi connectivity index (χ0v) is 16.3. The van der Waals surface area contributed by atoms with Gasteiger partial charge in [0.15, 0.2) is 5.82 Å². The minimum absolute atomic E-state index is 0.249. The Morgan fingerprint density at radius 3 is 2.31 bits per heavy atom. The highest BCUT2D eigenvalue weighted by molar-refractivity contribution is 6.08. The highest BCUT2D eigenvalue weighted by Gasteiger charge is 2.17. The van der Waals surface area contributed by atoms with Crippen LogP contribution in [0.15, 0.2) is 79.3 Å². The topological polar surface area (TPSA) is 67.8 Å². The molecule has 0 radical (unpaired) electrons. The van der Waals surface area contributed by atoms with E-state index in [-0.39, 0.29) is 5.91 Å². The summed E-state index contributed by atoms with van der Waals surface area (Å²) in [7, 11) is 0. The van der Waals surface area contributed by atoms with Gasteiger partial charge in [0.1, 0.15) is 0 Å². The monoisotopic (exact) mass is 380 g/mol. The average Bonchev–Trinajstić information content (AvgIpc) is 2.76. The quantitative estimate of drug-likeness (QED) is 0.536. The van der Waals surface area contributed by atoms with Crippen molar-refractivity contribution in [1.29, 1.82) is 0 Å². The first-order valence-corrected chi connectivity index (χ1v) is 9.33. The number of rotatable bonds is 4. The summed E-state index contributed by atoms with van der Waals surface area (Å²) in [5.74, 6) is 0.325. The second kappa shape index (κ2) is 8.02. The molecule has 0 spiro atoms. The maximum atomic E-state index is 13.0. The van der Waals surface area contributed by atoms with Crippen molar-refractivity contribution in [3.8, 4) is 22.6 Å². The molecular formula is C24H20N4O. The van der Waals surface area contributed by atoms with Gasteiger partial charge in [-0.2, -0.15) is 0 Å². The van der Waals surface area contributed by atoms with E-state index in [1.807, 2.05) is 74.5 Å². The van der Waals surface area contributed by atoms with E-state index in [1.165, 1.54) is 0 Å². The number of hydrogen-bond acceptors (Lipinski definition) is 4. The summed E-state index contributed by atoms with van der Waals surface area (Å²) in [6, 6.07) is 19.3. The molecule has 0 saturated heterocycles. The minimum atomic E-state index is -0.249. The smallest absolute Gasteiger partial charge is 0.259 e. The molecule has 4 aromatic rings. The molecule has 1 amide bonds. The van der Waals surface area contributed by atoms with Gasteiger partial charge in [0, 0.05) is 35.4 Å². The third-order valence-corrected chi connectivity index (χ3v) is 4.69. The fraction of sp³-hybridized carbons (Fsp3) is 0.0833. The standard InChI is InChI=1S/C24H20N4O/c1-16-7-9-19(10-8-16)23-26-15-20(22(28-23)18-11-13-25-14-12-18)24(29)27-21-6-4-3-5-17(21)2/h3-15H,1-2H3,(H,27,29). The number of amides is 1. The Morgan fingerprint density at radius 1 is 0.862 bits per heavy atom. The van der Waals surface area contributed by atoms with Crippen molar-refractivity contribution in [3.05, 3.63) is 95.9 Å². The summed E-state index contributed by atoms with van der Waals surface area (Å²) in [5, 5.41) is 2.97. The minimum Gasteiger partial charge on any atom is -0.322 e. The lowest BCUT2D eigenvalue weighted by atomic mass is 10.1. The number of pyridine rings is 1. The van der Waals surface area contributed by atoms with Gasteiger partial charge in [-0.15, -0.1) is 0 Å². The number of aryl methyl sites for hydroxylation is 2. The van der Waals surface area contributed by atoms with Crippen LogP contribution in [0.25, 0.3) is 22.6 Å². The lowest BCUT2D eigenvalue weighted by Crippen LogP contribution is -2.15. The highest BCUT2D eigenvalue weighted by Crippen LogP contribution is 2.25. The fourth-order valence-electron chi connectivity index (χ4n) is 3.02. The predicted octanol–water partition coefficient (Wildman–Crippen LogP) is 5.07. The van der Waals surface area contributed by atoms with Gasteiger partial charge in [-0.05, 0) is 37.6 Å². The molecule has 5 heteroatoms. The van der Waals surface area contributed by atoms with Crippen molar-refractivity contribution in [2.75, 3.05) is 5.32 Å². The average molecular weight is 380 g/mol. The highest BCUT2D eigenvalue weighted by atomic mass is 16.1. The van der Waals surface area contributed by atoms with E-state index < -0.39 is 0 Å². The van der Waals surface area contributed by atoms with E-state index in [0.717, 1.165) is 27.9 Å². The molecule has 29 heavy (non-hydrogen) atoms. The van der Waals surface area contributed by atoms with Crippen LogP contribution in [0.3, 0.4) is 0 Å². The summed E-state index contributed by atoms with van der Waals surface area (Å²) in [6.45, 7) is 3.99. The first-order valence-electron chi connectivity index (χ1n) is 9.33. The summed E-state index contributed by atoms with van der Waals surface area (Å²) >= 11 is 0. The second-order valence-electron chi connectivity index (χ2n) is 6.83. The van der Waals surface area contributed by atoms with E-state index in [2.05, 4.69) is 15.3 Å². The van der Waals surface area contributed by atoms with Gasteiger partial charge >= 0.3 is 0 Å². The van der Waals surface area contributed by atoms with Crippen LogP contribution in [0.2, 0.25) is 0 Å². The van der Waals surface area contributed by atoms with Crippen molar-refractivity contribution in [3.63, 3.8) is 0 Å². The van der Waals surface area contributed by atoms with Crippen LogP contribution in [0.4, 0.5) is 5.69 Å². The molecule has 2 aromatic heterocycles. The van der Waals surface area contributed by atoms with Gasteiger partial charge in [-0.25, -0.2) is 9.97 Å². The molecule has 0 fully saturated rings. The van der Waals surface area contributed by atoms with Crippen molar-refractivity contribution in [2.45, 2.75) is 13.8 Å². The van der Waals surface area contributed by atoms with Gasteiger partial charge in [-0.1, -0.05) is 48.0 Å². The molecule has 2 aromatic carbocycles. The van der Waals surface area contributed by atoms with Gasteiger partial charge in [0.25, 0.3) is 5.91 Å². The number of nitrogens with zero attached hydrogens (tertiary/aromatic N) is 3. The molecular weight excluding hydrogens is 360 g/mol. The number of para-hydroxylation sites is 1. The summed E-state index contributed by atoms with van der Waals surface area (Å²) < 4.78 is 0. The molecule has 0 atom stereocenters. The Morgan fingerprint density at radius 2 is 1.59 bits per heavy atom. The molecule has 0 aliphatic carbocycles. The number of anilines is 1. The second-order valence-corrected chi connectivity index (χ2v) is 6.83. The number of carbonyl (C=O) groups excluding carboxylic acids is 1. The van der Waals surface area contributed by atoms with E-state index >= 15 is 0 Å². The maximum Gasteiger partial charge on any atom is 0.259 e. The SMILES string of the molecule is Cc1ccc(-c2ncc(C(=O)Nc3ccccc3C)c(-c3ccncc3)n2)cc1. The van der Waals surface area contributed by atoms with E-state index in [1.54, 1.807) is 18.6 Å². The lowest BCUT2D eigenvalue weighted by Gasteiger charge is -2.12. The Labute approximate surface area is 169 Å². The third kappa shape index (κ3) is 4.04. The first-order chi connectivity index (χ1) is 14.1. The molecule has 5 nitrogen and oxygen atoms in total. The maximum absolute atomic E-state index is 13.0. The summed E-state index contributed by atoms with van der Waals surface area (Å²) in [4.78, 5) is 26.3. The number of carbonyl (C=O) groups is 1. The number of nitrogens with one attached hydrogen (secondary N) is 1. The summed E-state index contributed by atoms with van der Waals surface area (Å²) in [5.41, 5.74) is 5.61. The molecule has 0 bridgehead atoms. The van der Waals surface area contributed by atoms with Crippen LogP contribution < -0.4 is 5.32 Å². The van der Waals surface area contributed by atoms with E-state index in [0.29, 0.717) is 17.1 Å². The molecule has 0 aliphatic heterocycles. The molecule has 0 saturated carbocycles. The van der Waals surface area contributed by atoms with Crippen molar-refractivity contribution in [1.82, 2.24) is 15.0 Å². The normalized spacial score (nSPS) is 10.6. The number of hydrogen-bond donors (Lipinski definition) is 1. The third-order valence-electron chi connectivity index (χ3n) is 4.69. The van der Waals surface area contributed by atoms with Gasteiger partial charge in [0.05, 0.1) is 11.3 Å². The first kappa shape index (κ1) is 18.5. The van der Waals surface area contributed by atoms with Gasteiger partial charge < -0.3 is 5.32 Å². The molecule has 142 valence electrons. The molecule has 0 aliphatic rings. The van der Waals surface area contributed by atoms with Gasteiger partial charge in [-0.3, -0.25) is 9.78 Å². The fourth-order valence-corrected chi connectivity index (χ4v) is 3.02. The van der Waals surface area contributed by atoms with Crippen LogP contribution in [-0.4, -0.2) is 20.9 Å². The van der Waals surface area contributed by atoms with Crippen LogP contribution >= 0.6 is 0 Å². The van der Waals surface area contributed by atoms with Crippen LogP contribution in [0.5, 0.6) is 0 Å². The van der Waals surface area contributed by atoms with Crippen molar-refractivity contribution >= 4 is 11.6 Å². The van der Waals surface area contributed by atoms with E-state index in [4.69, 9.17) is 4.98 Å². The lowest BCUT2D eigenvalue weighted by molar-refractivity contribution is 0.102. The molecule has 0 unspecified atom stereocenters. The van der Waals surface area contributed by atoms with Crippen LogP contribution in [-0.2, 0) is 0 Å².